The first kappa shape index (κ1) is 18.3. The Morgan fingerprint density at radius 3 is 2.41 bits per heavy atom. The van der Waals surface area contributed by atoms with Gasteiger partial charge in [-0.1, -0.05) is 24.6 Å². The van der Waals surface area contributed by atoms with Crippen LogP contribution in [0.2, 0.25) is 5.02 Å². The Bertz CT molecular complexity index is 710. The van der Waals surface area contributed by atoms with E-state index in [0.717, 1.165) is 12.1 Å². The summed E-state index contributed by atoms with van der Waals surface area (Å²) in [5, 5.41) is 8.47. The lowest BCUT2D eigenvalue weighted by Crippen LogP contribution is -2.28. The number of alkyl halides is 3. The van der Waals surface area contributed by atoms with E-state index in [9.17, 15) is 26.4 Å². The zero-order valence-corrected chi connectivity index (χ0v) is 12.6. The van der Waals surface area contributed by atoms with Crippen LogP contribution in [0.25, 0.3) is 6.08 Å². The normalized spacial score (nSPS) is 13.0. The van der Waals surface area contributed by atoms with Crippen molar-refractivity contribution in [3.8, 4) is 5.75 Å². The van der Waals surface area contributed by atoms with Crippen LogP contribution in [-0.2, 0) is 14.9 Å². The maximum absolute atomic E-state index is 12.2. The van der Waals surface area contributed by atoms with Crippen molar-refractivity contribution < 1.29 is 35.7 Å². The van der Waals surface area contributed by atoms with Gasteiger partial charge in [0.15, 0.2) is 5.75 Å². The Balaban J connectivity index is 3.14. The van der Waals surface area contributed by atoms with Crippen molar-refractivity contribution in [2.24, 2.45) is 0 Å². The first-order valence-electron chi connectivity index (χ1n) is 5.72. The summed E-state index contributed by atoms with van der Waals surface area (Å²) in [5.41, 5.74) is -5.25. The van der Waals surface area contributed by atoms with E-state index in [1.54, 1.807) is 6.92 Å². The number of benzene rings is 1. The molecule has 0 fully saturated rings. The second-order valence-corrected chi connectivity index (χ2v) is 5.95. The van der Waals surface area contributed by atoms with Crippen LogP contribution in [0.4, 0.5) is 13.2 Å². The number of rotatable bonds is 5. The van der Waals surface area contributed by atoms with Crippen molar-refractivity contribution in [1.29, 1.82) is 0 Å². The summed E-state index contributed by atoms with van der Waals surface area (Å²) in [4.78, 5) is 10.9. The summed E-state index contributed by atoms with van der Waals surface area (Å²) in [6.45, 7) is 1.61. The summed E-state index contributed by atoms with van der Waals surface area (Å²) in [6.07, 6.45) is 1.48. The fourth-order valence-electron chi connectivity index (χ4n) is 1.36. The Morgan fingerprint density at radius 1 is 1.41 bits per heavy atom. The van der Waals surface area contributed by atoms with Crippen molar-refractivity contribution >= 4 is 33.8 Å². The fourth-order valence-corrected chi connectivity index (χ4v) is 2.11. The topological polar surface area (TPSA) is 80.7 Å². The number of carboxylic acids is 1. The number of aliphatic carboxylic acids is 1. The molecule has 0 amide bonds. The zero-order valence-electron chi connectivity index (χ0n) is 11.0. The van der Waals surface area contributed by atoms with Gasteiger partial charge in [-0.25, -0.2) is 4.79 Å². The molecule has 1 aromatic rings. The van der Waals surface area contributed by atoms with Gasteiger partial charge in [0.1, 0.15) is 0 Å². The van der Waals surface area contributed by atoms with E-state index in [1.165, 1.54) is 12.1 Å². The first-order chi connectivity index (χ1) is 9.98. The molecule has 0 heterocycles. The molecule has 0 saturated carbocycles. The second-order valence-electron chi connectivity index (χ2n) is 4.00. The van der Waals surface area contributed by atoms with Gasteiger partial charge in [0, 0.05) is 5.57 Å². The van der Waals surface area contributed by atoms with E-state index in [-0.39, 0.29) is 17.6 Å². The highest BCUT2D eigenvalue weighted by Crippen LogP contribution is 2.32. The zero-order chi connectivity index (χ0) is 17.1. The molecule has 1 aromatic carbocycles. The minimum atomic E-state index is -5.82. The Hall–Kier alpha value is -1.74. The number of carbonyl (C=O) groups is 1. The summed E-state index contributed by atoms with van der Waals surface area (Å²) >= 11 is 5.66. The van der Waals surface area contributed by atoms with E-state index in [4.69, 9.17) is 16.7 Å². The molecule has 0 spiro atoms. The van der Waals surface area contributed by atoms with Crippen molar-refractivity contribution in [3.63, 3.8) is 0 Å². The summed E-state index contributed by atoms with van der Waals surface area (Å²) in [5.74, 6) is -1.86. The van der Waals surface area contributed by atoms with Crippen molar-refractivity contribution in [1.82, 2.24) is 0 Å². The highest BCUT2D eigenvalue weighted by molar-refractivity contribution is 7.88. The van der Waals surface area contributed by atoms with Crippen LogP contribution >= 0.6 is 11.6 Å². The molecule has 0 aliphatic carbocycles. The van der Waals surface area contributed by atoms with Gasteiger partial charge < -0.3 is 9.29 Å². The van der Waals surface area contributed by atoms with E-state index in [0.29, 0.717) is 0 Å². The SMILES string of the molecule is CCC(=Cc1ccc(OS(=O)(=O)C(F)(F)F)c(Cl)c1)C(=O)O. The maximum atomic E-state index is 12.2. The highest BCUT2D eigenvalue weighted by Gasteiger charge is 2.48. The van der Waals surface area contributed by atoms with Crippen LogP contribution in [0.5, 0.6) is 5.75 Å². The molecule has 0 aliphatic heterocycles. The third-order valence-electron chi connectivity index (χ3n) is 2.44. The smallest absolute Gasteiger partial charge is 0.478 e. The minimum Gasteiger partial charge on any atom is -0.478 e. The van der Waals surface area contributed by atoms with Gasteiger partial charge >= 0.3 is 21.6 Å². The highest BCUT2D eigenvalue weighted by atomic mass is 35.5. The second kappa shape index (κ2) is 6.57. The first-order valence-corrected chi connectivity index (χ1v) is 7.50. The average Bonchev–Trinajstić information content (AvgIpc) is 2.37. The lowest BCUT2D eigenvalue weighted by Gasteiger charge is -2.11. The molecular weight excluding hydrogens is 349 g/mol. The fraction of sp³-hybridized carbons (Fsp3) is 0.250. The quantitative estimate of drug-likeness (QED) is 0.495. The standard InChI is InChI=1S/C12H10ClF3O5S/c1-2-8(11(17)18)5-7-3-4-10(9(13)6-7)21-22(19,20)12(14,15)16/h3-6H,2H2,1H3,(H,17,18). The predicted molar refractivity (Wildman–Crippen MR) is 73.0 cm³/mol. The van der Waals surface area contributed by atoms with E-state index in [2.05, 4.69) is 4.18 Å². The van der Waals surface area contributed by atoms with Gasteiger partial charge in [0.2, 0.25) is 0 Å². The van der Waals surface area contributed by atoms with Crippen LogP contribution in [-0.4, -0.2) is 25.0 Å². The van der Waals surface area contributed by atoms with Crippen LogP contribution in [0.3, 0.4) is 0 Å². The molecular formula is C12H10ClF3O5S. The van der Waals surface area contributed by atoms with Crippen molar-refractivity contribution in [2.75, 3.05) is 0 Å². The molecule has 22 heavy (non-hydrogen) atoms. The summed E-state index contributed by atoms with van der Waals surface area (Å²) in [6, 6.07) is 3.19. The van der Waals surface area contributed by atoms with Gasteiger partial charge in [0.05, 0.1) is 5.02 Å². The van der Waals surface area contributed by atoms with Crippen LogP contribution in [0.1, 0.15) is 18.9 Å². The minimum absolute atomic E-state index is 0.0487. The number of carboxylic acid groups (broad SMARTS) is 1. The van der Waals surface area contributed by atoms with Crippen molar-refractivity contribution in [2.45, 2.75) is 18.9 Å². The molecule has 5 nitrogen and oxygen atoms in total. The monoisotopic (exact) mass is 358 g/mol. The largest absolute Gasteiger partial charge is 0.534 e. The number of hydrogen-bond donors (Lipinski definition) is 1. The predicted octanol–water partition coefficient (Wildman–Crippen LogP) is 3.45. The van der Waals surface area contributed by atoms with Gasteiger partial charge in [-0.2, -0.15) is 21.6 Å². The average molecular weight is 359 g/mol. The third kappa shape index (κ3) is 4.38. The molecule has 0 radical (unpaired) electrons. The van der Waals surface area contributed by atoms with Gasteiger partial charge in [0.25, 0.3) is 0 Å². The van der Waals surface area contributed by atoms with Crippen molar-refractivity contribution in [3.05, 3.63) is 34.4 Å². The Labute approximate surface area is 129 Å². The maximum Gasteiger partial charge on any atom is 0.534 e. The molecule has 0 aromatic heterocycles. The van der Waals surface area contributed by atoms with E-state index in [1.807, 2.05) is 0 Å². The molecule has 0 saturated heterocycles. The molecule has 10 heteroatoms. The van der Waals surface area contributed by atoms with Crippen LogP contribution in [0, 0.1) is 0 Å². The molecule has 0 aliphatic rings. The Kier molecular flexibility index (Phi) is 5.47. The third-order valence-corrected chi connectivity index (χ3v) is 3.70. The summed E-state index contributed by atoms with van der Waals surface area (Å²) in [7, 11) is -5.82. The van der Waals surface area contributed by atoms with Gasteiger partial charge in [-0.05, 0) is 30.2 Å². The molecule has 0 bridgehead atoms. The summed E-state index contributed by atoms with van der Waals surface area (Å²) < 4.78 is 62.3. The van der Waals surface area contributed by atoms with E-state index < -0.39 is 32.4 Å². The number of halogens is 4. The molecule has 1 rings (SSSR count). The Morgan fingerprint density at radius 2 is 2.00 bits per heavy atom. The van der Waals surface area contributed by atoms with E-state index >= 15 is 0 Å². The van der Waals surface area contributed by atoms with Crippen LogP contribution in [0.15, 0.2) is 23.8 Å². The lowest BCUT2D eigenvalue weighted by molar-refractivity contribution is -0.132. The molecule has 122 valence electrons. The lowest BCUT2D eigenvalue weighted by atomic mass is 10.1. The van der Waals surface area contributed by atoms with Gasteiger partial charge in [-0.15, -0.1) is 0 Å². The number of hydrogen-bond acceptors (Lipinski definition) is 4. The molecule has 0 unspecified atom stereocenters. The van der Waals surface area contributed by atoms with Gasteiger partial charge in [-0.3, -0.25) is 0 Å². The van der Waals surface area contributed by atoms with Crippen LogP contribution < -0.4 is 4.18 Å². The molecule has 1 N–H and O–H groups in total. The molecule has 0 atom stereocenters.